The first-order chi connectivity index (χ1) is 13.7. The highest BCUT2D eigenvalue weighted by Crippen LogP contribution is 2.29. The van der Waals surface area contributed by atoms with Crippen LogP contribution >= 0.6 is 23.2 Å². The molecule has 0 saturated heterocycles. The first kappa shape index (κ1) is 22.1. The molecule has 11 heteroatoms. The van der Waals surface area contributed by atoms with Crippen LogP contribution in [-0.2, 0) is 19.1 Å². The molecule has 0 saturated carbocycles. The van der Waals surface area contributed by atoms with E-state index in [2.05, 4.69) is 10.1 Å². The fraction of sp³-hybridized carbons (Fsp3) is 0.167. The molecular weight excluding hydrogens is 425 g/mol. The van der Waals surface area contributed by atoms with E-state index in [1.165, 1.54) is 43.3 Å². The topological polar surface area (TPSA) is 119 Å². The molecule has 0 radical (unpaired) electrons. The van der Waals surface area contributed by atoms with E-state index in [1.807, 2.05) is 0 Å². The van der Waals surface area contributed by atoms with Gasteiger partial charge >= 0.3 is 11.9 Å². The van der Waals surface area contributed by atoms with E-state index < -0.39 is 34.9 Å². The SMILES string of the molecule is CCOC(=O)C(=O)N(CC(=O)Nc1ccc(Cl)cc1Cl)c1ccccc1[N+](=O)[O-]. The summed E-state index contributed by atoms with van der Waals surface area (Å²) >= 11 is 11.8. The van der Waals surface area contributed by atoms with Crippen molar-refractivity contribution in [3.8, 4) is 0 Å². The van der Waals surface area contributed by atoms with Gasteiger partial charge in [0, 0.05) is 11.1 Å². The molecule has 1 N–H and O–H groups in total. The Bertz CT molecular complexity index is 966. The molecule has 2 aromatic carbocycles. The molecule has 0 atom stereocenters. The van der Waals surface area contributed by atoms with Gasteiger partial charge in [0.25, 0.3) is 5.69 Å². The van der Waals surface area contributed by atoms with E-state index in [0.717, 1.165) is 6.07 Å². The maximum absolute atomic E-state index is 12.5. The molecule has 0 heterocycles. The number of carbonyl (C=O) groups excluding carboxylic acids is 3. The summed E-state index contributed by atoms with van der Waals surface area (Å²) in [5.74, 6) is -3.22. The van der Waals surface area contributed by atoms with Gasteiger partial charge < -0.3 is 10.1 Å². The van der Waals surface area contributed by atoms with Crippen molar-refractivity contribution in [2.24, 2.45) is 0 Å². The van der Waals surface area contributed by atoms with Crippen LogP contribution in [0.2, 0.25) is 10.0 Å². The molecule has 0 aliphatic carbocycles. The molecule has 29 heavy (non-hydrogen) atoms. The van der Waals surface area contributed by atoms with Crippen LogP contribution in [-0.4, -0.2) is 35.9 Å². The maximum Gasteiger partial charge on any atom is 0.397 e. The molecular formula is C18H15Cl2N3O6. The zero-order chi connectivity index (χ0) is 21.6. The number of carbonyl (C=O) groups is 3. The second-order valence-electron chi connectivity index (χ2n) is 5.53. The molecule has 0 spiro atoms. The molecule has 2 aromatic rings. The van der Waals surface area contributed by atoms with Crippen LogP contribution in [0.4, 0.5) is 17.1 Å². The molecule has 0 aliphatic rings. The van der Waals surface area contributed by atoms with Gasteiger partial charge in [-0.3, -0.25) is 24.6 Å². The number of hydrogen-bond donors (Lipinski definition) is 1. The molecule has 0 aromatic heterocycles. The first-order valence-corrected chi connectivity index (χ1v) is 8.97. The summed E-state index contributed by atoms with van der Waals surface area (Å²) in [6.45, 7) is 0.721. The van der Waals surface area contributed by atoms with E-state index in [9.17, 15) is 24.5 Å². The number of nitrogens with zero attached hydrogens (tertiary/aromatic N) is 2. The van der Waals surface area contributed by atoms with Crippen LogP contribution in [0.3, 0.4) is 0 Å². The summed E-state index contributed by atoms with van der Waals surface area (Å²) in [4.78, 5) is 48.2. The van der Waals surface area contributed by atoms with Crippen molar-refractivity contribution in [2.45, 2.75) is 6.92 Å². The Balaban J connectivity index is 2.35. The lowest BCUT2D eigenvalue weighted by Gasteiger charge is -2.21. The number of nitro groups is 1. The number of amides is 2. The van der Waals surface area contributed by atoms with Gasteiger partial charge in [-0.05, 0) is 31.2 Å². The molecule has 0 fully saturated rings. The third kappa shape index (κ3) is 5.66. The number of rotatable bonds is 6. The van der Waals surface area contributed by atoms with Gasteiger partial charge in [-0.2, -0.15) is 0 Å². The van der Waals surface area contributed by atoms with E-state index in [4.69, 9.17) is 23.2 Å². The predicted molar refractivity (Wildman–Crippen MR) is 107 cm³/mol. The van der Waals surface area contributed by atoms with Crippen LogP contribution in [0.1, 0.15) is 6.92 Å². The third-order valence-corrected chi connectivity index (χ3v) is 4.12. The maximum atomic E-state index is 12.5. The monoisotopic (exact) mass is 439 g/mol. The van der Waals surface area contributed by atoms with Crippen LogP contribution in [0, 0.1) is 10.1 Å². The van der Waals surface area contributed by atoms with E-state index in [-0.39, 0.29) is 23.0 Å². The van der Waals surface area contributed by atoms with Crippen molar-refractivity contribution in [3.63, 3.8) is 0 Å². The molecule has 0 bridgehead atoms. The molecule has 152 valence electrons. The van der Waals surface area contributed by atoms with Crippen molar-refractivity contribution < 1.29 is 24.0 Å². The van der Waals surface area contributed by atoms with Crippen molar-refractivity contribution >= 4 is 58.0 Å². The second-order valence-corrected chi connectivity index (χ2v) is 6.37. The number of para-hydroxylation sites is 2. The van der Waals surface area contributed by atoms with Crippen molar-refractivity contribution in [1.29, 1.82) is 0 Å². The molecule has 0 aliphatic heterocycles. The summed E-state index contributed by atoms with van der Waals surface area (Å²) in [5, 5.41) is 14.3. The third-order valence-electron chi connectivity index (χ3n) is 3.57. The number of nitro benzene ring substituents is 1. The normalized spacial score (nSPS) is 10.2. The fourth-order valence-corrected chi connectivity index (χ4v) is 2.80. The van der Waals surface area contributed by atoms with Crippen molar-refractivity contribution in [2.75, 3.05) is 23.4 Å². The smallest absolute Gasteiger partial charge is 0.397 e. The van der Waals surface area contributed by atoms with E-state index >= 15 is 0 Å². The van der Waals surface area contributed by atoms with Gasteiger partial charge in [0.2, 0.25) is 5.91 Å². The standard InChI is InChI=1S/C18H15Cl2N3O6/c1-2-29-18(26)17(25)22(14-5-3-4-6-15(14)23(27)28)10-16(24)21-13-8-7-11(19)9-12(13)20/h3-9H,2,10H2,1H3,(H,21,24). The van der Waals surface area contributed by atoms with E-state index in [0.29, 0.717) is 9.92 Å². The zero-order valence-corrected chi connectivity index (χ0v) is 16.6. The summed E-state index contributed by atoms with van der Waals surface area (Å²) in [6.07, 6.45) is 0. The highest BCUT2D eigenvalue weighted by Gasteiger charge is 2.31. The fourth-order valence-electron chi connectivity index (χ4n) is 2.34. The van der Waals surface area contributed by atoms with Gasteiger partial charge in [-0.15, -0.1) is 0 Å². The summed E-state index contributed by atoms with van der Waals surface area (Å²) in [5.41, 5.74) is -0.470. The quantitative estimate of drug-likeness (QED) is 0.318. The van der Waals surface area contributed by atoms with Gasteiger partial charge in [0.15, 0.2) is 0 Å². The molecule has 9 nitrogen and oxygen atoms in total. The lowest BCUT2D eigenvalue weighted by atomic mass is 10.2. The Morgan fingerprint density at radius 1 is 1.17 bits per heavy atom. The summed E-state index contributed by atoms with van der Waals surface area (Å²) < 4.78 is 4.67. The largest absolute Gasteiger partial charge is 0.459 e. The Kier molecular flexibility index (Phi) is 7.52. The van der Waals surface area contributed by atoms with Crippen LogP contribution in [0.25, 0.3) is 0 Å². The number of esters is 1. The molecule has 2 amide bonds. The lowest BCUT2D eigenvalue weighted by molar-refractivity contribution is -0.384. The minimum Gasteiger partial charge on any atom is -0.459 e. The summed E-state index contributed by atoms with van der Waals surface area (Å²) in [7, 11) is 0. The number of anilines is 2. The highest BCUT2D eigenvalue weighted by atomic mass is 35.5. The van der Waals surface area contributed by atoms with Crippen LogP contribution in [0.15, 0.2) is 42.5 Å². The average molecular weight is 440 g/mol. The Hall–Kier alpha value is -3.17. The predicted octanol–water partition coefficient (Wildman–Crippen LogP) is 3.44. The Labute approximate surface area is 175 Å². The average Bonchev–Trinajstić information content (AvgIpc) is 2.68. The summed E-state index contributed by atoms with van der Waals surface area (Å²) in [6, 6.07) is 9.57. The first-order valence-electron chi connectivity index (χ1n) is 8.21. The minimum atomic E-state index is -1.25. The molecule has 2 rings (SSSR count). The lowest BCUT2D eigenvalue weighted by Crippen LogP contribution is -2.43. The van der Waals surface area contributed by atoms with Crippen LogP contribution in [0.5, 0.6) is 0 Å². The van der Waals surface area contributed by atoms with Gasteiger partial charge in [0.05, 0.1) is 22.2 Å². The number of benzene rings is 2. The van der Waals surface area contributed by atoms with Gasteiger partial charge in [-0.25, -0.2) is 4.79 Å². The van der Waals surface area contributed by atoms with Crippen molar-refractivity contribution in [3.05, 3.63) is 62.6 Å². The van der Waals surface area contributed by atoms with Crippen LogP contribution < -0.4 is 10.2 Å². The van der Waals surface area contributed by atoms with Crippen molar-refractivity contribution in [1.82, 2.24) is 0 Å². The second kappa shape index (κ2) is 9.85. The number of nitrogens with one attached hydrogen (secondary N) is 1. The zero-order valence-electron chi connectivity index (χ0n) is 15.1. The molecule has 0 unspecified atom stereocenters. The Morgan fingerprint density at radius 3 is 2.48 bits per heavy atom. The number of ether oxygens (including phenoxy) is 1. The minimum absolute atomic E-state index is 0.0815. The van der Waals surface area contributed by atoms with E-state index in [1.54, 1.807) is 0 Å². The number of halogens is 2. The Morgan fingerprint density at radius 2 is 1.86 bits per heavy atom. The van der Waals surface area contributed by atoms with Gasteiger partial charge in [0.1, 0.15) is 12.2 Å². The highest BCUT2D eigenvalue weighted by molar-refractivity contribution is 6.39. The van der Waals surface area contributed by atoms with Gasteiger partial charge in [-0.1, -0.05) is 35.3 Å². The number of hydrogen-bond acceptors (Lipinski definition) is 6.